The highest BCUT2D eigenvalue weighted by Gasteiger charge is 2.17. The van der Waals surface area contributed by atoms with Crippen LogP contribution in [0.1, 0.15) is 36.9 Å². The first-order valence-electron chi connectivity index (χ1n) is 10.8. The van der Waals surface area contributed by atoms with Crippen LogP contribution >= 0.6 is 11.3 Å². The summed E-state index contributed by atoms with van der Waals surface area (Å²) in [6.07, 6.45) is 5.70. The average Bonchev–Trinajstić information content (AvgIpc) is 3.27. The topological polar surface area (TPSA) is 92.8 Å². The molecule has 0 aromatic carbocycles. The largest absolute Gasteiger partial charge is 0.383 e. The van der Waals surface area contributed by atoms with Crippen LogP contribution in [0.5, 0.6) is 0 Å². The molecule has 3 heterocycles. The first-order chi connectivity index (χ1) is 15.5. The minimum absolute atomic E-state index is 0.209. The highest BCUT2D eigenvalue weighted by atomic mass is 32.1. The van der Waals surface area contributed by atoms with Crippen LogP contribution in [-0.4, -0.2) is 47.9 Å². The Morgan fingerprint density at radius 3 is 2.66 bits per heavy atom. The predicted molar refractivity (Wildman–Crippen MR) is 132 cm³/mol. The van der Waals surface area contributed by atoms with E-state index in [1.165, 1.54) is 4.88 Å². The van der Waals surface area contributed by atoms with Crippen molar-refractivity contribution in [1.82, 2.24) is 9.88 Å². The number of nitrogens with zero attached hydrogens (tertiary/aromatic N) is 3. The maximum absolute atomic E-state index is 12.9. The van der Waals surface area contributed by atoms with Crippen LogP contribution in [0.3, 0.4) is 0 Å². The number of anilines is 1. The SMILES string of the molecule is CCC(C)=C(C(=O)Nc1ccncc1)C(N)=N/C=C(\C)c1ccc(CN2CCOCC2)s1. The predicted octanol–water partition coefficient (Wildman–Crippen LogP) is 4.06. The number of ether oxygens (including phenoxy) is 1. The van der Waals surface area contributed by atoms with E-state index in [1.54, 1.807) is 42.1 Å². The number of aliphatic imine (C=N–C) groups is 1. The van der Waals surface area contributed by atoms with Crippen molar-refractivity contribution in [2.45, 2.75) is 33.7 Å². The number of amides is 1. The number of nitrogens with two attached hydrogens (primary N) is 1. The molecule has 7 nitrogen and oxygen atoms in total. The van der Waals surface area contributed by atoms with E-state index in [4.69, 9.17) is 10.5 Å². The molecule has 1 amide bonds. The lowest BCUT2D eigenvalue weighted by Crippen LogP contribution is -2.35. The molecule has 0 saturated carbocycles. The lowest BCUT2D eigenvalue weighted by Gasteiger charge is -2.25. The van der Waals surface area contributed by atoms with E-state index < -0.39 is 0 Å². The van der Waals surface area contributed by atoms with Gasteiger partial charge >= 0.3 is 0 Å². The fraction of sp³-hybridized carbons (Fsp3) is 0.375. The molecular weight excluding hydrogens is 422 g/mol. The van der Waals surface area contributed by atoms with Crippen molar-refractivity contribution in [1.29, 1.82) is 0 Å². The second-order valence-corrected chi connectivity index (χ2v) is 8.85. The van der Waals surface area contributed by atoms with Gasteiger partial charge in [0.15, 0.2) is 0 Å². The monoisotopic (exact) mass is 453 g/mol. The molecule has 1 saturated heterocycles. The molecule has 170 valence electrons. The average molecular weight is 454 g/mol. The second-order valence-electron chi connectivity index (χ2n) is 7.68. The summed E-state index contributed by atoms with van der Waals surface area (Å²) in [4.78, 5) is 26.1. The Balaban J connectivity index is 1.72. The number of thiophene rings is 1. The molecule has 0 atom stereocenters. The summed E-state index contributed by atoms with van der Waals surface area (Å²) in [6.45, 7) is 10.4. The number of morpholine rings is 1. The number of aromatic nitrogens is 1. The number of allylic oxidation sites excluding steroid dienone is 2. The number of hydrogen-bond donors (Lipinski definition) is 2. The number of carbonyl (C=O) groups is 1. The minimum Gasteiger partial charge on any atom is -0.383 e. The van der Waals surface area contributed by atoms with Gasteiger partial charge in [0.05, 0.1) is 18.8 Å². The van der Waals surface area contributed by atoms with Crippen LogP contribution in [0.15, 0.2) is 59.0 Å². The summed E-state index contributed by atoms with van der Waals surface area (Å²) in [6, 6.07) is 7.75. The Bertz CT molecular complexity index is 1000. The van der Waals surface area contributed by atoms with E-state index in [9.17, 15) is 4.79 Å². The van der Waals surface area contributed by atoms with E-state index in [-0.39, 0.29) is 11.7 Å². The lowest BCUT2D eigenvalue weighted by molar-refractivity contribution is -0.112. The third-order valence-corrected chi connectivity index (χ3v) is 6.51. The Hall–Kier alpha value is -2.81. The molecule has 32 heavy (non-hydrogen) atoms. The standard InChI is InChI=1S/C24H31N5O2S/c1-4-17(2)22(24(30)28-19-7-9-26-10-8-19)23(25)27-15-18(3)21-6-5-20(32-21)16-29-11-13-31-14-12-29/h5-10,15H,4,11-14,16H2,1-3H3,(H2,25,27)(H,26,28,30)/b18-15+,22-17?. The molecule has 2 aromatic rings. The fourth-order valence-corrected chi connectivity index (χ4v) is 4.30. The van der Waals surface area contributed by atoms with E-state index in [2.05, 4.69) is 32.3 Å². The Kier molecular flexibility index (Phi) is 8.72. The molecular formula is C24H31N5O2S. The van der Waals surface area contributed by atoms with Crippen molar-refractivity contribution < 1.29 is 9.53 Å². The van der Waals surface area contributed by atoms with Gasteiger partial charge in [-0.25, -0.2) is 4.99 Å². The molecule has 0 aliphatic carbocycles. The van der Waals surface area contributed by atoms with Crippen molar-refractivity contribution in [3.8, 4) is 0 Å². The second kappa shape index (κ2) is 11.7. The molecule has 1 fully saturated rings. The fourth-order valence-electron chi connectivity index (χ4n) is 3.28. The van der Waals surface area contributed by atoms with E-state index in [0.717, 1.165) is 48.9 Å². The highest BCUT2D eigenvalue weighted by Crippen LogP contribution is 2.25. The summed E-state index contributed by atoms with van der Waals surface area (Å²) in [5.74, 6) is -0.0628. The maximum atomic E-state index is 12.9. The zero-order valence-electron chi connectivity index (χ0n) is 18.9. The van der Waals surface area contributed by atoms with E-state index in [0.29, 0.717) is 17.7 Å². The number of amidine groups is 1. The molecule has 3 rings (SSSR count). The number of carbonyl (C=O) groups excluding carboxylic acids is 1. The molecule has 1 aliphatic rings. The van der Waals surface area contributed by atoms with Crippen molar-refractivity contribution in [2.75, 3.05) is 31.6 Å². The molecule has 0 spiro atoms. The van der Waals surface area contributed by atoms with Crippen molar-refractivity contribution in [2.24, 2.45) is 10.7 Å². The van der Waals surface area contributed by atoms with Crippen LogP contribution in [0.4, 0.5) is 5.69 Å². The normalized spacial score (nSPS) is 16.6. The van der Waals surface area contributed by atoms with Gasteiger partial charge in [-0.3, -0.25) is 14.7 Å². The van der Waals surface area contributed by atoms with Crippen LogP contribution in [0.25, 0.3) is 5.57 Å². The Morgan fingerprint density at radius 2 is 1.97 bits per heavy atom. The molecule has 1 aliphatic heterocycles. The van der Waals surface area contributed by atoms with Gasteiger partial charge in [-0.2, -0.15) is 0 Å². The molecule has 0 bridgehead atoms. The van der Waals surface area contributed by atoms with Crippen LogP contribution in [0, 0.1) is 0 Å². The van der Waals surface area contributed by atoms with Crippen molar-refractivity contribution in [3.05, 3.63) is 63.8 Å². The number of rotatable bonds is 8. The lowest BCUT2D eigenvalue weighted by atomic mass is 10.1. The van der Waals surface area contributed by atoms with Crippen molar-refractivity contribution >= 4 is 34.3 Å². The molecule has 8 heteroatoms. The van der Waals surface area contributed by atoms with Gasteiger partial charge in [0.2, 0.25) is 0 Å². The van der Waals surface area contributed by atoms with Crippen LogP contribution < -0.4 is 11.1 Å². The van der Waals surface area contributed by atoms with Crippen molar-refractivity contribution in [3.63, 3.8) is 0 Å². The first-order valence-corrected chi connectivity index (χ1v) is 11.6. The van der Waals surface area contributed by atoms with Gasteiger partial charge < -0.3 is 15.8 Å². The number of hydrogen-bond acceptors (Lipinski definition) is 6. The van der Waals surface area contributed by atoms with E-state index >= 15 is 0 Å². The smallest absolute Gasteiger partial charge is 0.259 e. The molecule has 0 unspecified atom stereocenters. The zero-order chi connectivity index (χ0) is 22.9. The molecule has 2 aromatic heterocycles. The summed E-state index contributed by atoms with van der Waals surface area (Å²) in [5.41, 5.74) is 9.23. The first kappa shape index (κ1) is 23.8. The molecule has 0 radical (unpaired) electrons. The molecule has 3 N–H and O–H groups in total. The Labute approximate surface area is 193 Å². The van der Waals surface area contributed by atoms with Gasteiger partial charge in [-0.15, -0.1) is 11.3 Å². The summed E-state index contributed by atoms with van der Waals surface area (Å²) in [5, 5.41) is 2.87. The van der Waals surface area contributed by atoms with E-state index in [1.807, 2.05) is 20.8 Å². The summed E-state index contributed by atoms with van der Waals surface area (Å²) < 4.78 is 5.42. The summed E-state index contributed by atoms with van der Waals surface area (Å²) >= 11 is 1.76. The number of nitrogens with one attached hydrogen (secondary N) is 1. The zero-order valence-corrected chi connectivity index (χ0v) is 19.7. The number of pyridine rings is 1. The maximum Gasteiger partial charge on any atom is 0.259 e. The summed E-state index contributed by atoms with van der Waals surface area (Å²) in [7, 11) is 0. The highest BCUT2D eigenvalue weighted by molar-refractivity contribution is 7.13. The minimum atomic E-state index is -0.272. The van der Waals surface area contributed by atoms with Gasteiger partial charge in [0.25, 0.3) is 5.91 Å². The van der Waals surface area contributed by atoms with Gasteiger partial charge in [0.1, 0.15) is 5.84 Å². The van der Waals surface area contributed by atoms with Gasteiger partial charge in [-0.1, -0.05) is 12.5 Å². The quantitative estimate of drug-likeness (QED) is 0.357. The van der Waals surface area contributed by atoms with Gasteiger partial charge in [-0.05, 0) is 50.1 Å². The van der Waals surface area contributed by atoms with Crippen LogP contribution in [0.2, 0.25) is 0 Å². The third kappa shape index (κ3) is 6.59. The van der Waals surface area contributed by atoms with Gasteiger partial charge in [0, 0.05) is 53.7 Å². The third-order valence-electron chi connectivity index (χ3n) is 5.31. The van der Waals surface area contributed by atoms with Crippen LogP contribution in [-0.2, 0) is 16.1 Å². The Morgan fingerprint density at radius 1 is 1.25 bits per heavy atom.